The van der Waals surface area contributed by atoms with E-state index >= 15 is 0 Å². The van der Waals surface area contributed by atoms with Gasteiger partial charge in [-0.25, -0.2) is 4.98 Å². The number of aromatic nitrogens is 1. The van der Waals surface area contributed by atoms with Crippen LogP contribution < -0.4 is 5.32 Å². The Morgan fingerprint density at radius 3 is 2.27 bits per heavy atom. The number of ether oxygens (including phenoxy) is 1. The average molecular weight is 549 g/mol. The van der Waals surface area contributed by atoms with Crippen LogP contribution in [-0.2, 0) is 11.3 Å². The van der Waals surface area contributed by atoms with Crippen molar-refractivity contribution in [3.8, 4) is 11.3 Å². The van der Waals surface area contributed by atoms with Crippen LogP contribution in [0.3, 0.4) is 0 Å². The van der Waals surface area contributed by atoms with Gasteiger partial charge in [0.1, 0.15) is 0 Å². The van der Waals surface area contributed by atoms with Crippen molar-refractivity contribution in [2.24, 2.45) is 0 Å². The summed E-state index contributed by atoms with van der Waals surface area (Å²) >= 11 is 0. The monoisotopic (exact) mass is 548 g/mol. The van der Waals surface area contributed by atoms with Gasteiger partial charge in [-0.05, 0) is 44.0 Å². The van der Waals surface area contributed by atoms with E-state index in [4.69, 9.17) is 9.72 Å². The molecule has 1 aromatic heterocycles. The van der Waals surface area contributed by atoms with Crippen LogP contribution in [0, 0.1) is 0 Å². The first-order valence-corrected chi connectivity index (χ1v) is 15.1. The van der Waals surface area contributed by atoms with Crippen LogP contribution in [0.1, 0.15) is 53.7 Å². The predicted octanol–water partition coefficient (Wildman–Crippen LogP) is 6.08. The van der Waals surface area contributed by atoms with Gasteiger partial charge in [-0.2, -0.15) is 0 Å². The summed E-state index contributed by atoms with van der Waals surface area (Å²) in [7, 11) is 0. The molecule has 6 heteroatoms. The number of nitrogens with zero attached hydrogens (tertiary/aromatic N) is 3. The molecule has 6 rings (SSSR count). The normalized spacial score (nSPS) is 17.9. The van der Waals surface area contributed by atoms with Crippen LogP contribution in [0.2, 0.25) is 0 Å². The smallest absolute Gasteiger partial charge is 0.252 e. The minimum absolute atomic E-state index is 0.0327. The van der Waals surface area contributed by atoms with E-state index in [9.17, 15) is 4.79 Å². The molecular weight excluding hydrogens is 508 g/mol. The molecule has 2 aliphatic rings. The van der Waals surface area contributed by atoms with Gasteiger partial charge < -0.3 is 10.1 Å². The van der Waals surface area contributed by atoms with Crippen molar-refractivity contribution in [1.82, 2.24) is 20.1 Å². The predicted molar refractivity (Wildman–Crippen MR) is 165 cm³/mol. The van der Waals surface area contributed by atoms with Crippen LogP contribution in [0.5, 0.6) is 0 Å². The first-order valence-electron chi connectivity index (χ1n) is 15.1. The van der Waals surface area contributed by atoms with E-state index < -0.39 is 0 Å². The topological polar surface area (TPSA) is 57.7 Å². The van der Waals surface area contributed by atoms with Gasteiger partial charge in [0.15, 0.2) is 0 Å². The summed E-state index contributed by atoms with van der Waals surface area (Å²) in [5.41, 5.74) is 5.67. The molecule has 41 heavy (non-hydrogen) atoms. The number of piperidine rings is 1. The first-order chi connectivity index (χ1) is 20.2. The van der Waals surface area contributed by atoms with Crippen molar-refractivity contribution in [2.45, 2.75) is 44.8 Å². The van der Waals surface area contributed by atoms with Gasteiger partial charge in [-0.1, -0.05) is 85.8 Å². The molecule has 3 aromatic carbocycles. The lowest BCUT2D eigenvalue weighted by Gasteiger charge is -2.40. The zero-order chi connectivity index (χ0) is 28.0. The van der Waals surface area contributed by atoms with Gasteiger partial charge in [0.25, 0.3) is 5.91 Å². The van der Waals surface area contributed by atoms with Gasteiger partial charge in [0.05, 0.1) is 36.0 Å². The number of pyridine rings is 1. The largest absolute Gasteiger partial charge is 0.379 e. The summed E-state index contributed by atoms with van der Waals surface area (Å²) in [6.07, 6.45) is 3.08. The summed E-state index contributed by atoms with van der Waals surface area (Å²) in [5, 5.41) is 4.30. The van der Waals surface area contributed by atoms with Gasteiger partial charge in [-0.15, -0.1) is 0 Å². The minimum atomic E-state index is -0.0621. The highest BCUT2D eigenvalue weighted by Gasteiger charge is 2.29. The molecule has 0 unspecified atom stereocenters. The number of fused-ring (bicyclic) bond motifs is 1. The number of morpholine rings is 1. The summed E-state index contributed by atoms with van der Waals surface area (Å²) in [6, 6.07) is 29.2. The average Bonchev–Trinajstić information content (AvgIpc) is 3.04. The van der Waals surface area contributed by atoms with Crippen molar-refractivity contribution < 1.29 is 9.53 Å². The van der Waals surface area contributed by atoms with Gasteiger partial charge in [0, 0.05) is 42.2 Å². The lowest BCUT2D eigenvalue weighted by Crippen LogP contribution is -2.48. The second-order valence-corrected chi connectivity index (χ2v) is 11.2. The van der Waals surface area contributed by atoms with Crippen molar-refractivity contribution in [2.75, 3.05) is 39.4 Å². The van der Waals surface area contributed by atoms with Crippen molar-refractivity contribution in [3.63, 3.8) is 0 Å². The van der Waals surface area contributed by atoms with Gasteiger partial charge in [-0.3, -0.25) is 14.6 Å². The standard InChI is InChI=1S/C35H40N4O2/c1-2-31(26-11-5-3-6-12-26)37-35(40)33-29-15-9-10-16-32(29)36-34(27-13-7-4-8-14-27)30(33)25-38-19-17-28(18-20-38)39-21-23-41-24-22-39/h3-16,28,31H,2,17-25H2,1H3,(H,37,40)/t31-/m0/s1. The molecule has 0 spiro atoms. The molecule has 2 fully saturated rings. The van der Waals surface area contributed by atoms with Gasteiger partial charge >= 0.3 is 0 Å². The quantitative estimate of drug-likeness (QED) is 0.289. The highest BCUT2D eigenvalue weighted by molar-refractivity contribution is 6.09. The molecule has 2 aliphatic heterocycles. The van der Waals surface area contributed by atoms with E-state index in [0.29, 0.717) is 12.6 Å². The van der Waals surface area contributed by atoms with Crippen LogP contribution in [0.15, 0.2) is 84.9 Å². The first kappa shape index (κ1) is 27.6. The molecule has 0 bridgehead atoms. The molecule has 0 saturated carbocycles. The number of benzene rings is 3. The molecule has 2 saturated heterocycles. The number of hydrogen-bond acceptors (Lipinski definition) is 5. The van der Waals surface area contributed by atoms with Crippen LogP contribution >= 0.6 is 0 Å². The van der Waals surface area contributed by atoms with Crippen molar-refractivity contribution >= 4 is 16.8 Å². The molecule has 1 N–H and O–H groups in total. The molecule has 4 aromatic rings. The number of para-hydroxylation sites is 1. The molecule has 1 atom stereocenters. The highest BCUT2D eigenvalue weighted by atomic mass is 16.5. The fourth-order valence-electron chi connectivity index (χ4n) is 6.45. The van der Waals surface area contributed by atoms with E-state index in [1.54, 1.807) is 0 Å². The van der Waals surface area contributed by atoms with E-state index in [0.717, 1.165) is 97.5 Å². The molecule has 0 aliphatic carbocycles. The fraction of sp³-hybridized carbons (Fsp3) is 0.371. The third-order valence-electron chi connectivity index (χ3n) is 8.68. The zero-order valence-corrected chi connectivity index (χ0v) is 24.0. The Bertz CT molecular complexity index is 1450. The molecule has 6 nitrogen and oxygen atoms in total. The van der Waals surface area contributed by atoms with Crippen LogP contribution in [0.4, 0.5) is 0 Å². The molecule has 212 valence electrons. The maximum Gasteiger partial charge on any atom is 0.252 e. The number of amides is 1. The number of nitrogens with one attached hydrogen (secondary N) is 1. The third-order valence-corrected chi connectivity index (χ3v) is 8.68. The Morgan fingerprint density at radius 1 is 0.902 bits per heavy atom. The second-order valence-electron chi connectivity index (χ2n) is 11.2. The summed E-state index contributed by atoms with van der Waals surface area (Å²) < 4.78 is 5.58. The Labute approximate surface area is 243 Å². The van der Waals surface area contributed by atoms with E-state index in [-0.39, 0.29) is 11.9 Å². The summed E-state index contributed by atoms with van der Waals surface area (Å²) in [4.78, 5) is 24.6. The fourth-order valence-corrected chi connectivity index (χ4v) is 6.45. The van der Waals surface area contributed by atoms with Crippen LogP contribution in [-0.4, -0.2) is 66.1 Å². The van der Waals surface area contributed by atoms with E-state index in [1.165, 1.54) is 0 Å². The van der Waals surface area contributed by atoms with Crippen molar-refractivity contribution in [1.29, 1.82) is 0 Å². The minimum Gasteiger partial charge on any atom is -0.379 e. The lowest BCUT2D eigenvalue weighted by molar-refractivity contribution is 0.000226. The zero-order valence-electron chi connectivity index (χ0n) is 24.0. The number of carbonyl (C=O) groups is 1. The molecular formula is C35H40N4O2. The summed E-state index contributed by atoms with van der Waals surface area (Å²) in [6.45, 7) is 8.56. The Morgan fingerprint density at radius 2 is 1.56 bits per heavy atom. The maximum absolute atomic E-state index is 14.3. The number of likely N-dealkylation sites (tertiary alicyclic amines) is 1. The Kier molecular flexibility index (Phi) is 8.71. The number of carbonyl (C=O) groups excluding carboxylic acids is 1. The highest BCUT2D eigenvalue weighted by Crippen LogP contribution is 2.33. The third kappa shape index (κ3) is 6.20. The number of hydrogen-bond donors (Lipinski definition) is 1. The molecule has 0 radical (unpaired) electrons. The molecule has 3 heterocycles. The van der Waals surface area contributed by atoms with E-state index in [2.05, 4.69) is 46.3 Å². The number of rotatable bonds is 8. The van der Waals surface area contributed by atoms with Crippen LogP contribution in [0.25, 0.3) is 22.2 Å². The van der Waals surface area contributed by atoms with Gasteiger partial charge in [0.2, 0.25) is 0 Å². The van der Waals surface area contributed by atoms with Crippen molar-refractivity contribution in [3.05, 3.63) is 102 Å². The summed E-state index contributed by atoms with van der Waals surface area (Å²) in [5.74, 6) is -0.0327. The van der Waals surface area contributed by atoms with E-state index in [1.807, 2.05) is 60.7 Å². The molecule has 1 amide bonds. The lowest BCUT2D eigenvalue weighted by atomic mass is 9.94. The SMILES string of the molecule is CC[C@H](NC(=O)c1c(CN2CCC(N3CCOCC3)CC2)c(-c2ccccc2)nc2ccccc12)c1ccccc1. The Balaban J connectivity index is 1.37. The second kappa shape index (κ2) is 12.9. The maximum atomic E-state index is 14.3. The Hall–Kier alpha value is -3.58.